The maximum absolute atomic E-state index is 13.4. The Balaban J connectivity index is 1.58. The number of ether oxygens (including phenoxy) is 3. The van der Waals surface area contributed by atoms with Crippen molar-refractivity contribution in [1.29, 1.82) is 0 Å². The molecule has 3 aromatic carbocycles. The number of hydrogen-bond donors (Lipinski definition) is 1. The number of benzene rings is 3. The summed E-state index contributed by atoms with van der Waals surface area (Å²) in [7, 11) is -2.43. The molecule has 3 aromatic rings. The van der Waals surface area contributed by atoms with Crippen LogP contribution in [0.5, 0.6) is 17.2 Å². The molecule has 4 rings (SSSR count). The third-order valence-electron chi connectivity index (χ3n) is 5.08. The minimum atomic E-state index is -4.01. The van der Waals surface area contributed by atoms with Gasteiger partial charge < -0.3 is 19.5 Å². The Morgan fingerprint density at radius 1 is 0.970 bits per heavy atom. The van der Waals surface area contributed by atoms with Crippen molar-refractivity contribution in [1.82, 2.24) is 5.32 Å². The highest BCUT2D eigenvalue weighted by atomic mass is 32.2. The van der Waals surface area contributed by atoms with Crippen LogP contribution < -0.4 is 23.8 Å². The average molecular weight is 469 g/mol. The Hall–Kier alpha value is -3.72. The van der Waals surface area contributed by atoms with Crippen LogP contribution in [0.25, 0.3) is 0 Å². The van der Waals surface area contributed by atoms with Gasteiger partial charge in [0.25, 0.3) is 10.0 Å². The lowest BCUT2D eigenvalue weighted by Gasteiger charge is -2.26. The molecular weight excluding hydrogens is 444 g/mol. The van der Waals surface area contributed by atoms with E-state index in [1.165, 1.54) is 12.1 Å². The number of anilines is 1. The van der Waals surface area contributed by atoms with Crippen LogP contribution in [0.2, 0.25) is 0 Å². The van der Waals surface area contributed by atoms with Crippen molar-refractivity contribution < 1.29 is 27.4 Å². The first kappa shape index (κ1) is 22.5. The quantitative estimate of drug-likeness (QED) is 0.546. The molecule has 0 aliphatic carbocycles. The van der Waals surface area contributed by atoms with E-state index in [1.807, 2.05) is 12.1 Å². The molecule has 0 spiro atoms. The number of carbonyl (C=O) groups is 1. The highest BCUT2D eigenvalue weighted by molar-refractivity contribution is 7.92. The van der Waals surface area contributed by atoms with Crippen LogP contribution in [0, 0.1) is 0 Å². The second-order valence-corrected chi connectivity index (χ2v) is 9.14. The van der Waals surface area contributed by atoms with Crippen molar-refractivity contribution in [3.05, 3.63) is 78.4 Å². The predicted molar refractivity (Wildman–Crippen MR) is 123 cm³/mol. The van der Waals surface area contributed by atoms with E-state index in [9.17, 15) is 13.2 Å². The van der Waals surface area contributed by atoms with Gasteiger partial charge in [-0.05, 0) is 42.0 Å². The van der Waals surface area contributed by atoms with Crippen molar-refractivity contribution in [3.63, 3.8) is 0 Å². The molecule has 0 bridgehead atoms. The van der Waals surface area contributed by atoms with Crippen LogP contribution in [-0.4, -0.2) is 41.2 Å². The minimum Gasteiger partial charge on any atom is -0.497 e. The van der Waals surface area contributed by atoms with Gasteiger partial charge in [-0.25, -0.2) is 8.42 Å². The molecule has 0 saturated carbocycles. The van der Waals surface area contributed by atoms with Crippen molar-refractivity contribution in [2.45, 2.75) is 11.4 Å². The first-order valence-corrected chi connectivity index (χ1v) is 11.8. The molecule has 9 heteroatoms. The number of amides is 1. The molecule has 0 saturated heterocycles. The van der Waals surface area contributed by atoms with E-state index in [0.717, 1.165) is 9.87 Å². The molecule has 1 aliphatic rings. The van der Waals surface area contributed by atoms with E-state index in [4.69, 9.17) is 14.2 Å². The number of methoxy groups -OCH3 is 1. The molecule has 0 fully saturated rings. The molecule has 8 nitrogen and oxygen atoms in total. The number of carbonyl (C=O) groups excluding carboxylic acids is 1. The molecule has 0 unspecified atom stereocenters. The summed E-state index contributed by atoms with van der Waals surface area (Å²) in [6, 6.07) is 20.1. The van der Waals surface area contributed by atoms with Gasteiger partial charge in [0.2, 0.25) is 5.91 Å². The third kappa shape index (κ3) is 5.20. The number of hydrogen-bond acceptors (Lipinski definition) is 6. The summed E-state index contributed by atoms with van der Waals surface area (Å²) in [4.78, 5) is 12.9. The molecule has 0 radical (unpaired) electrons. The van der Waals surface area contributed by atoms with Gasteiger partial charge in [0.05, 0.1) is 17.7 Å². The fraction of sp³-hybridized carbons (Fsp3) is 0.208. The Kier molecular flexibility index (Phi) is 6.69. The van der Waals surface area contributed by atoms with Gasteiger partial charge in [0, 0.05) is 12.6 Å². The second kappa shape index (κ2) is 9.83. The Morgan fingerprint density at radius 3 is 2.36 bits per heavy atom. The Bertz CT molecular complexity index is 1210. The van der Waals surface area contributed by atoms with Crippen molar-refractivity contribution in [3.8, 4) is 17.2 Å². The lowest BCUT2D eigenvalue weighted by molar-refractivity contribution is -0.119. The van der Waals surface area contributed by atoms with Crippen molar-refractivity contribution >= 4 is 21.6 Å². The zero-order chi connectivity index (χ0) is 23.3. The van der Waals surface area contributed by atoms with Crippen LogP contribution in [0.3, 0.4) is 0 Å². The van der Waals surface area contributed by atoms with E-state index in [0.29, 0.717) is 36.1 Å². The lowest BCUT2D eigenvalue weighted by atomic mass is 10.2. The van der Waals surface area contributed by atoms with Crippen LogP contribution in [0.1, 0.15) is 5.56 Å². The van der Waals surface area contributed by atoms with Gasteiger partial charge in [-0.2, -0.15) is 0 Å². The highest BCUT2D eigenvalue weighted by Gasteiger charge is 2.28. The molecule has 0 aromatic heterocycles. The van der Waals surface area contributed by atoms with Crippen molar-refractivity contribution in [2.24, 2.45) is 0 Å². The topological polar surface area (TPSA) is 94.2 Å². The maximum atomic E-state index is 13.4. The second-order valence-electron chi connectivity index (χ2n) is 7.28. The summed E-state index contributed by atoms with van der Waals surface area (Å²) >= 11 is 0. The van der Waals surface area contributed by atoms with Crippen LogP contribution in [-0.2, 0) is 21.4 Å². The molecular formula is C24H24N2O6S. The fourth-order valence-electron chi connectivity index (χ4n) is 3.35. The normalized spacial score (nSPS) is 12.6. The summed E-state index contributed by atoms with van der Waals surface area (Å²) in [5, 5.41) is 2.78. The van der Waals surface area contributed by atoms with Crippen LogP contribution in [0.4, 0.5) is 5.69 Å². The average Bonchev–Trinajstić information content (AvgIpc) is 2.86. The molecule has 33 heavy (non-hydrogen) atoms. The SMILES string of the molecule is COc1ccc(CNC(=O)CN(c2ccc3c(c2)OCCO3)S(=O)(=O)c2ccccc2)cc1. The first-order chi connectivity index (χ1) is 16.0. The Labute approximate surface area is 192 Å². The summed E-state index contributed by atoms with van der Waals surface area (Å²) in [6.45, 7) is 0.645. The monoisotopic (exact) mass is 468 g/mol. The van der Waals surface area contributed by atoms with Crippen molar-refractivity contribution in [2.75, 3.05) is 31.2 Å². The summed E-state index contributed by atoms with van der Waals surface area (Å²) in [5.74, 6) is 1.24. The zero-order valence-corrected chi connectivity index (χ0v) is 18.9. The van der Waals surface area contributed by atoms with E-state index < -0.39 is 22.5 Å². The van der Waals surface area contributed by atoms with Gasteiger partial charge in [-0.1, -0.05) is 30.3 Å². The Morgan fingerprint density at radius 2 is 1.67 bits per heavy atom. The number of sulfonamides is 1. The largest absolute Gasteiger partial charge is 0.497 e. The van der Waals surface area contributed by atoms with Crippen LogP contribution >= 0.6 is 0 Å². The highest BCUT2D eigenvalue weighted by Crippen LogP contribution is 2.35. The van der Waals surface area contributed by atoms with Gasteiger partial charge >= 0.3 is 0 Å². The molecule has 1 aliphatic heterocycles. The number of fused-ring (bicyclic) bond motifs is 1. The predicted octanol–water partition coefficient (Wildman–Crippen LogP) is 2.98. The third-order valence-corrected chi connectivity index (χ3v) is 6.87. The summed E-state index contributed by atoms with van der Waals surface area (Å²) < 4.78 is 44.2. The first-order valence-electron chi connectivity index (χ1n) is 10.3. The number of nitrogens with one attached hydrogen (secondary N) is 1. The van der Waals surface area contributed by atoms with E-state index in [1.54, 1.807) is 55.6 Å². The molecule has 172 valence electrons. The van der Waals surface area contributed by atoms with Gasteiger partial charge in [0.15, 0.2) is 11.5 Å². The summed E-state index contributed by atoms with van der Waals surface area (Å²) in [5.41, 5.74) is 1.17. The smallest absolute Gasteiger partial charge is 0.264 e. The number of rotatable bonds is 8. The van der Waals surface area contributed by atoms with Gasteiger partial charge in [0.1, 0.15) is 25.5 Å². The van der Waals surface area contributed by atoms with Crippen LogP contribution in [0.15, 0.2) is 77.7 Å². The fourth-order valence-corrected chi connectivity index (χ4v) is 4.79. The van der Waals surface area contributed by atoms with Gasteiger partial charge in [-0.3, -0.25) is 9.10 Å². The standard InChI is InChI=1S/C24H24N2O6S/c1-30-20-10-7-18(8-11-20)16-25-24(27)17-26(33(28,29)21-5-3-2-4-6-21)19-9-12-22-23(15-19)32-14-13-31-22/h2-12,15H,13-14,16-17H2,1H3,(H,25,27). The zero-order valence-electron chi connectivity index (χ0n) is 18.1. The molecule has 1 amide bonds. The van der Waals surface area contributed by atoms with E-state index >= 15 is 0 Å². The molecule has 1 N–H and O–H groups in total. The summed E-state index contributed by atoms with van der Waals surface area (Å²) in [6.07, 6.45) is 0. The lowest BCUT2D eigenvalue weighted by Crippen LogP contribution is -2.40. The van der Waals surface area contributed by atoms with E-state index in [-0.39, 0.29) is 11.4 Å². The van der Waals surface area contributed by atoms with Gasteiger partial charge in [-0.15, -0.1) is 0 Å². The maximum Gasteiger partial charge on any atom is 0.264 e. The van der Waals surface area contributed by atoms with E-state index in [2.05, 4.69) is 5.32 Å². The molecule has 1 heterocycles. The minimum absolute atomic E-state index is 0.0860. The number of nitrogens with zero attached hydrogens (tertiary/aromatic N) is 1. The molecule has 0 atom stereocenters.